The van der Waals surface area contributed by atoms with Crippen LogP contribution in [0.3, 0.4) is 0 Å². The number of aldehydes is 1. The first kappa shape index (κ1) is 11.5. The predicted octanol–water partition coefficient (Wildman–Crippen LogP) is -2.11. The van der Waals surface area contributed by atoms with E-state index in [1.807, 2.05) is 0 Å². The van der Waals surface area contributed by atoms with Gasteiger partial charge in [-0.15, -0.1) is 0 Å². The van der Waals surface area contributed by atoms with Crippen LogP contribution in [0.15, 0.2) is 0 Å². The van der Waals surface area contributed by atoms with E-state index in [1.54, 1.807) is 0 Å². The van der Waals surface area contributed by atoms with E-state index in [1.165, 1.54) is 7.11 Å². The monoisotopic (exact) mass is 206 g/mol. The Labute approximate surface area is 81.1 Å². The molecular formula is C8H14O6. The highest BCUT2D eigenvalue weighted by molar-refractivity contribution is 5.55. The molecule has 0 saturated carbocycles. The molecular weight excluding hydrogens is 192 g/mol. The van der Waals surface area contributed by atoms with Crippen molar-refractivity contribution >= 4 is 6.29 Å². The van der Waals surface area contributed by atoms with E-state index >= 15 is 0 Å². The van der Waals surface area contributed by atoms with E-state index < -0.39 is 37.1 Å². The highest BCUT2D eigenvalue weighted by Gasteiger charge is 2.44. The van der Waals surface area contributed by atoms with Crippen LogP contribution in [-0.2, 0) is 14.3 Å². The minimum Gasteiger partial charge on any atom is -0.394 e. The summed E-state index contributed by atoms with van der Waals surface area (Å²) in [6, 6.07) is 0. The standard InChI is InChI=1S/C8H14O6/c1-13-8-4(2-9)6(11)7(12)5(3-10)14-8/h2,4-8,10-12H,3H2,1H3. The van der Waals surface area contributed by atoms with Gasteiger partial charge in [0.05, 0.1) is 18.6 Å². The zero-order valence-corrected chi connectivity index (χ0v) is 7.74. The van der Waals surface area contributed by atoms with Gasteiger partial charge in [0.15, 0.2) is 6.29 Å². The molecule has 1 aliphatic heterocycles. The third-order valence-corrected chi connectivity index (χ3v) is 2.32. The number of carbonyl (C=O) groups is 1. The molecule has 0 aromatic heterocycles. The number of hydrogen-bond donors (Lipinski definition) is 3. The first-order valence-corrected chi connectivity index (χ1v) is 4.26. The molecule has 1 saturated heterocycles. The fourth-order valence-corrected chi connectivity index (χ4v) is 1.46. The Morgan fingerprint density at radius 1 is 1.43 bits per heavy atom. The lowest BCUT2D eigenvalue weighted by Crippen LogP contribution is -2.56. The third-order valence-electron chi connectivity index (χ3n) is 2.32. The van der Waals surface area contributed by atoms with Gasteiger partial charge in [0.2, 0.25) is 0 Å². The third kappa shape index (κ3) is 1.94. The summed E-state index contributed by atoms with van der Waals surface area (Å²) in [6.07, 6.45) is -3.94. The van der Waals surface area contributed by atoms with Gasteiger partial charge in [-0.1, -0.05) is 0 Å². The molecule has 3 N–H and O–H groups in total. The van der Waals surface area contributed by atoms with Crippen LogP contribution in [0.4, 0.5) is 0 Å². The number of rotatable bonds is 3. The van der Waals surface area contributed by atoms with Gasteiger partial charge in [-0.05, 0) is 0 Å². The van der Waals surface area contributed by atoms with E-state index in [9.17, 15) is 15.0 Å². The number of hydrogen-bond acceptors (Lipinski definition) is 6. The van der Waals surface area contributed by atoms with Gasteiger partial charge < -0.3 is 29.6 Å². The van der Waals surface area contributed by atoms with E-state index in [-0.39, 0.29) is 0 Å². The predicted molar refractivity (Wildman–Crippen MR) is 44.3 cm³/mol. The second-order valence-corrected chi connectivity index (χ2v) is 3.16. The maximum absolute atomic E-state index is 10.6. The van der Waals surface area contributed by atoms with Crippen LogP contribution < -0.4 is 0 Å². The lowest BCUT2D eigenvalue weighted by atomic mass is 9.92. The van der Waals surface area contributed by atoms with E-state index in [4.69, 9.17) is 14.6 Å². The minimum atomic E-state index is -1.28. The van der Waals surface area contributed by atoms with Gasteiger partial charge in [-0.3, -0.25) is 0 Å². The highest BCUT2D eigenvalue weighted by atomic mass is 16.7. The molecule has 0 aromatic rings. The second kappa shape index (κ2) is 4.81. The van der Waals surface area contributed by atoms with Gasteiger partial charge in [-0.2, -0.15) is 0 Å². The molecule has 0 spiro atoms. The SMILES string of the molecule is COC1OC(CO)C(O)C(O)C1C=O. The van der Waals surface area contributed by atoms with Crippen LogP contribution >= 0.6 is 0 Å². The number of aliphatic hydroxyl groups is 3. The molecule has 82 valence electrons. The maximum atomic E-state index is 10.6. The first-order valence-electron chi connectivity index (χ1n) is 4.26. The smallest absolute Gasteiger partial charge is 0.169 e. The Morgan fingerprint density at radius 2 is 2.07 bits per heavy atom. The van der Waals surface area contributed by atoms with Crippen LogP contribution in [0, 0.1) is 5.92 Å². The molecule has 1 fully saturated rings. The summed E-state index contributed by atoms with van der Waals surface area (Å²) in [4.78, 5) is 10.6. The molecule has 1 rings (SSSR count). The lowest BCUT2D eigenvalue weighted by Gasteiger charge is -2.39. The number of carbonyl (C=O) groups excluding carboxylic acids is 1. The Balaban J connectivity index is 2.76. The zero-order chi connectivity index (χ0) is 10.7. The summed E-state index contributed by atoms with van der Waals surface area (Å²) in [5.74, 6) is -0.933. The quantitative estimate of drug-likeness (QED) is 0.457. The van der Waals surface area contributed by atoms with Crippen molar-refractivity contribution in [3.63, 3.8) is 0 Å². The highest BCUT2D eigenvalue weighted by Crippen LogP contribution is 2.25. The summed E-state index contributed by atoms with van der Waals surface area (Å²) in [5, 5.41) is 27.7. The van der Waals surface area contributed by atoms with Crippen molar-refractivity contribution in [1.82, 2.24) is 0 Å². The summed E-state index contributed by atoms with van der Waals surface area (Å²) >= 11 is 0. The summed E-state index contributed by atoms with van der Waals surface area (Å²) < 4.78 is 9.87. The number of ether oxygens (including phenoxy) is 2. The average molecular weight is 206 g/mol. The molecule has 1 heterocycles. The van der Waals surface area contributed by atoms with Gasteiger partial charge in [0.25, 0.3) is 0 Å². The Morgan fingerprint density at radius 3 is 2.50 bits per heavy atom. The number of methoxy groups -OCH3 is 1. The van der Waals surface area contributed by atoms with Crippen molar-refractivity contribution in [1.29, 1.82) is 0 Å². The first-order chi connectivity index (χ1) is 6.65. The normalized spacial score (nSPS) is 43.6. The van der Waals surface area contributed by atoms with Crippen molar-refractivity contribution in [3.8, 4) is 0 Å². The van der Waals surface area contributed by atoms with Crippen LogP contribution in [0.25, 0.3) is 0 Å². The van der Waals surface area contributed by atoms with Gasteiger partial charge >= 0.3 is 0 Å². The Kier molecular flexibility index (Phi) is 3.97. The molecule has 0 radical (unpaired) electrons. The molecule has 0 amide bonds. The van der Waals surface area contributed by atoms with Gasteiger partial charge in [0, 0.05) is 7.11 Å². The van der Waals surface area contributed by atoms with E-state index in [0.717, 1.165) is 0 Å². The Hall–Kier alpha value is -0.530. The maximum Gasteiger partial charge on any atom is 0.169 e. The van der Waals surface area contributed by atoms with Crippen molar-refractivity contribution in [2.75, 3.05) is 13.7 Å². The van der Waals surface area contributed by atoms with Gasteiger partial charge in [0.1, 0.15) is 18.5 Å². The fourth-order valence-electron chi connectivity index (χ4n) is 1.46. The molecule has 0 bridgehead atoms. The van der Waals surface area contributed by atoms with Crippen molar-refractivity contribution in [2.45, 2.75) is 24.6 Å². The molecule has 5 atom stereocenters. The van der Waals surface area contributed by atoms with Crippen molar-refractivity contribution in [2.24, 2.45) is 5.92 Å². The number of aliphatic hydroxyl groups excluding tert-OH is 3. The van der Waals surface area contributed by atoms with E-state index in [2.05, 4.69) is 0 Å². The second-order valence-electron chi connectivity index (χ2n) is 3.16. The van der Waals surface area contributed by atoms with E-state index in [0.29, 0.717) is 6.29 Å². The molecule has 5 unspecified atom stereocenters. The Bertz CT molecular complexity index is 194. The fraction of sp³-hybridized carbons (Fsp3) is 0.875. The van der Waals surface area contributed by atoms with Crippen LogP contribution in [0.5, 0.6) is 0 Å². The average Bonchev–Trinajstić information content (AvgIpc) is 2.21. The lowest BCUT2D eigenvalue weighted by molar-refractivity contribution is -0.269. The van der Waals surface area contributed by atoms with Crippen LogP contribution in [-0.4, -0.2) is 59.9 Å². The molecule has 14 heavy (non-hydrogen) atoms. The topological polar surface area (TPSA) is 96.2 Å². The molecule has 0 aromatic carbocycles. The van der Waals surface area contributed by atoms with Crippen LogP contribution in [0.2, 0.25) is 0 Å². The van der Waals surface area contributed by atoms with Gasteiger partial charge in [-0.25, -0.2) is 0 Å². The molecule has 1 aliphatic rings. The van der Waals surface area contributed by atoms with Crippen molar-refractivity contribution < 1.29 is 29.6 Å². The molecule has 0 aliphatic carbocycles. The van der Waals surface area contributed by atoms with Crippen LogP contribution in [0.1, 0.15) is 0 Å². The molecule has 6 heteroatoms. The van der Waals surface area contributed by atoms with Crippen molar-refractivity contribution in [3.05, 3.63) is 0 Å². The summed E-state index contributed by atoms with van der Waals surface area (Å²) in [7, 11) is 1.32. The molecule has 6 nitrogen and oxygen atoms in total. The minimum absolute atomic E-state index is 0.441. The largest absolute Gasteiger partial charge is 0.394 e. The summed E-state index contributed by atoms with van der Waals surface area (Å²) in [6.45, 7) is -0.441. The summed E-state index contributed by atoms with van der Waals surface area (Å²) in [5.41, 5.74) is 0. The zero-order valence-electron chi connectivity index (χ0n) is 7.74.